The van der Waals surface area contributed by atoms with Gasteiger partial charge in [-0.05, 0) is 92.5 Å². The molecule has 3 aliphatic rings. The van der Waals surface area contributed by atoms with E-state index in [2.05, 4.69) is 6.07 Å². The summed E-state index contributed by atoms with van der Waals surface area (Å²) in [7, 11) is 0. The number of rotatable bonds is 3. The van der Waals surface area contributed by atoms with Crippen LogP contribution in [0.5, 0.6) is 11.5 Å². The van der Waals surface area contributed by atoms with E-state index in [4.69, 9.17) is 4.74 Å². The van der Waals surface area contributed by atoms with E-state index in [9.17, 15) is 9.59 Å². The molecule has 0 radical (unpaired) electrons. The quantitative estimate of drug-likeness (QED) is 0.749. The van der Waals surface area contributed by atoms with Crippen molar-refractivity contribution in [2.75, 3.05) is 4.90 Å². The highest BCUT2D eigenvalue weighted by atomic mass is 16.5. The topological polar surface area (TPSA) is 46.6 Å². The average molecular weight is 361 g/mol. The summed E-state index contributed by atoms with van der Waals surface area (Å²) in [4.78, 5) is 27.2. The zero-order chi connectivity index (χ0) is 18.7. The number of hydrogen-bond donors (Lipinski definition) is 0. The molecule has 4 heteroatoms. The number of imide groups is 1. The van der Waals surface area contributed by atoms with E-state index in [1.165, 1.54) is 4.90 Å². The molecule has 4 atom stereocenters. The van der Waals surface area contributed by atoms with Gasteiger partial charge in [0.2, 0.25) is 11.8 Å². The molecule has 2 amide bonds. The Bertz CT molecular complexity index is 885. The number of anilines is 1. The first-order chi connectivity index (χ1) is 13.0. The molecule has 0 aromatic heterocycles. The molecule has 2 aliphatic carbocycles. The Hall–Kier alpha value is -2.62. The fourth-order valence-corrected chi connectivity index (χ4v) is 5.45. The van der Waals surface area contributed by atoms with Crippen LogP contribution in [0.4, 0.5) is 5.69 Å². The number of ether oxygens (including phenoxy) is 1. The van der Waals surface area contributed by atoms with Crippen molar-refractivity contribution in [1.82, 2.24) is 0 Å². The molecule has 27 heavy (non-hydrogen) atoms. The standard InChI is InChI=1S/C23H23NO3/c1-13-9-14(2)11-19(10-13)27-18-7-5-17(6-8-18)24-22(25)20-15-3-4-16(12-15)21(20)23(24)26/h5-11,15-16,20-21H,3-4,12H2,1-2H3/t15-,16+,20-,21-/m0/s1. The zero-order valence-corrected chi connectivity index (χ0v) is 15.6. The monoisotopic (exact) mass is 361 g/mol. The van der Waals surface area contributed by atoms with Gasteiger partial charge in [0, 0.05) is 0 Å². The molecule has 1 saturated heterocycles. The smallest absolute Gasteiger partial charge is 0.237 e. The van der Waals surface area contributed by atoms with Crippen LogP contribution in [0.15, 0.2) is 42.5 Å². The van der Waals surface area contributed by atoms with Gasteiger partial charge >= 0.3 is 0 Å². The maximum absolute atomic E-state index is 12.9. The van der Waals surface area contributed by atoms with Gasteiger partial charge in [-0.3, -0.25) is 14.5 Å². The van der Waals surface area contributed by atoms with Gasteiger partial charge in [-0.15, -0.1) is 0 Å². The van der Waals surface area contributed by atoms with E-state index in [0.29, 0.717) is 23.3 Å². The minimum Gasteiger partial charge on any atom is -0.457 e. The number of benzene rings is 2. The van der Waals surface area contributed by atoms with Gasteiger partial charge in [-0.1, -0.05) is 6.07 Å². The van der Waals surface area contributed by atoms with Crippen molar-refractivity contribution in [2.45, 2.75) is 33.1 Å². The number of carbonyl (C=O) groups excluding carboxylic acids is 2. The highest BCUT2D eigenvalue weighted by molar-refractivity contribution is 6.22. The largest absolute Gasteiger partial charge is 0.457 e. The second kappa shape index (κ2) is 5.95. The molecule has 138 valence electrons. The van der Waals surface area contributed by atoms with Gasteiger partial charge in [-0.25, -0.2) is 0 Å². The predicted molar refractivity (Wildman–Crippen MR) is 103 cm³/mol. The molecule has 2 aromatic rings. The van der Waals surface area contributed by atoms with Gasteiger partial charge < -0.3 is 4.74 Å². The third kappa shape index (κ3) is 2.58. The van der Waals surface area contributed by atoms with Gasteiger partial charge in [-0.2, -0.15) is 0 Å². The minimum absolute atomic E-state index is 0.000164. The van der Waals surface area contributed by atoms with Crippen molar-refractivity contribution in [3.63, 3.8) is 0 Å². The Balaban J connectivity index is 1.38. The summed E-state index contributed by atoms with van der Waals surface area (Å²) < 4.78 is 5.94. The van der Waals surface area contributed by atoms with E-state index in [1.807, 2.05) is 50.2 Å². The van der Waals surface area contributed by atoms with E-state index >= 15 is 0 Å². The molecule has 2 bridgehead atoms. The third-order valence-electron chi connectivity index (χ3n) is 6.45. The van der Waals surface area contributed by atoms with Crippen molar-refractivity contribution < 1.29 is 14.3 Å². The fourth-order valence-electron chi connectivity index (χ4n) is 5.45. The molecule has 3 fully saturated rings. The summed E-state index contributed by atoms with van der Waals surface area (Å²) in [5.74, 6) is 2.15. The molecular weight excluding hydrogens is 338 g/mol. The highest BCUT2D eigenvalue weighted by Crippen LogP contribution is 2.56. The number of hydrogen-bond acceptors (Lipinski definition) is 3. The second-order valence-corrected chi connectivity index (χ2v) is 8.32. The van der Waals surface area contributed by atoms with Crippen LogP contribution in [0.1, 0.15) is 30.4 Å². The summed E-state index contributed by atoms with van der Waals surface area (Å²) in [5.41, 5.74) is 2.96. The van der Waals surface area contributed by atoms with Crippen LogP contribution < -0.4 is 9.64 Å². The summed E-state index contributed by atoms with van der Waals surface area (Å²) in [6, 6.07) is 13.4. The van der Waals surface area contributed by atoms with Crippen molar-refractivity contribution in [3.8, 4) is 11.5 Å². The van der Waals surface area contributed by atoms with Crippen LogP contribution in [-0.4, -0.2) is 11.8 Å². The van der Waals surface area contributed by atoms with Crippen LogP contribution in [0, 0.1) is 37.5 Å². The molecule has 0 spiro atoms. The maximum Gasteiger partial charge on any atom is 0.237 e. The summed E-state index contributed by atoms with van der Waals surface area (Å²) >= 11 is 0. The van der Waals surface area contributed by atoms with E-state index < -0.39 is 0 Å². The first kappa shape index (κ1) is 16.5. The summed E-state index contributed by atoms with van der Waals surface area (Å²) in [6.07, 6.45) is 3.26. The normalized spacial score (nSPS) is 28.7. The number of aryl methyl sites for hydroxylation is 2. The van der Waals surface area contributed by atoms with Gasteiger partial charge in [0.05, 0.1) is 17.5 Å². The van der Waals surface area contributed by atoms with E-state index in [-0.39, 0.29) is 23.7 Å². The highest BCUT2D eigenvalue weighted by Gasteiger charge is 2.61. The predicted octanol–water partition coefficient (Wildman–Crippen LogP) is 4.63. The van der Waals surface area contributed by atoms with Gasteiger partial charge in [0.1, 0.15) is 11.5 Å². The zero-order valence-electron chi connectivity index (χ0n) is 15.6. The molecule has 0 N–H and O–H groups in total. The van der Waals surface area contributed by atoms with E-state index in [1.54, 1.807) is 0 Å². The van der Waals surface area contributed by atoms with Crippen molar-refractivity contribution in [2.24, 2.45) is 23.7 Å². The van der Waals surface area contributed by atoms with Crippen LogP contribution in [0.3, 0.4) is 0 Å². The number of carbonyl (C=O) groups is 2. The Labute approximate surface area is 159 Å². The van der Waals surface area contributed by atoms with Crippen LogP contribution in [0.2, 0.25) is 0 Å². The molecule has 2 aromatic carbocycles. The molecule has 4 nitrogen and oxygen atoms in total. The molecule has 0 unspecified atom stereocenters. The molecule has 2 saturated carbocycles. The number of fused-ring (bicyclic) bond motifs is 5. The maximum atomic E-state index is 12.9. The molecular formula is C23H23NO3. The Morgan fingerprint density at radius 1 is 0.815 bits per heavy atom. The lowest BCUT2D eigenvalue weighted by atomic mass is 9.81. The molecule has 1 aliphatic heterocycles. The van der Waals surface area contributed by atoms with Crippen LogP contribution in [-0.2, 0) is 9.59 Å². The van der Waals surface area contributed by atoms with Gasteiger partial charge in [0.25, 0.3) is 0 Å². The lowest BCUT2D eigenvalue weighted by Crippen LogP contribution is -2.32. The first-order valence-corrected chi connectivity index (χ1v) is 9.75. The fraction of sp³-hybridized carbons (Fsp3) is 0.391. The minimum atomic E-state index is -0.0811. The average Bonchev–Trinajstić information content (AvgIpc) is 3.29. The van der Waals surface area contributed by atoms with Crippen molar-refractivity contribution in [1.29, 1.82) is 0 Å². The van der Waals surface area contributed by atoms with Gasteiger partial charge in [0.15, 0.2) is 0 Å². The summed E-state index contributed by atoms with van der Waals surface area (Å²) in [5, 5.41) is 0. The third-order valence-corrected chi connectivity index (χ3v) is 6.45. The second-order valence-electron chi connectivity index (χ2n) is 8.32. The molecule has 5 rings (SSSR count). The van der Waals surface area contributed by atoms with Crippen molar-refractivity contribution in [3.05, 3.63) is 53.6 Å². The van der Waals surface area contributed by atoms with Crippen molar-refractivity contribution >= 4 is 17.5 Å². The Morgan fingerprint density at radius 2 is 1.37 bits per heavy atom. The lowest BCUT2D eigenvalue weighted by molar-refractivity contribution is -0.123. The Morgan fingerprint density at radius 3 is 1.93 bits per heavy atom. The Kier molecular flexibility index (Phi) is 3.64. The lowest BCUT2D eigenvalue weighted by Gasteiger charge is -2.19. The number of nitrogens with zero attached hydrogens (tertiary/aromatic N) is 1. The molecule has 1 heterocycles. The van der Waals surface area contributed by atoms with E-state index in [0.717, 1.165) is 36.1 Å². The number of amides is 2. The first-order valence-electron chi connectivity index (χ1n) is 9.75. The summed E-state index contributed by atoms with van der Waals surface area (Å²) in [6.45, 7) is 4.08. The van der Waals surface area contributed by atoms with Crippen LogP contribution >= 0.6 is 0 Å². The van der Waals surface area contributed by atoms with Crippen LogP contribution in [0.25, 0.3) is 0 Å². The SMILES string of the molecule is Cc1cc(C)cc(Oc2ccc(N3C(=O)[C@H]4[C@@H]5CC[C@@H](C5)[C@@H]4C3=O)cc2)c1.